The summed E-state index contributed by atoms with van der Waals surface area (Å²) in [6, 6.07) is 12.1. The molecule has 1 heterocycles. The van der Waals surface area contributed by atoms with E-state index < -0.39 is 0 Å². The zero-order valence-corrected chi connectivity index (χ0v) is 9.30. The van der Waals surface area contributed by atoms with Crippen molar-refractivity contribution in [3.63, 3.8) is 0 Å². The molecule has 0 radical (unpaired) electrons. The zero-order valence-electron chi connectivity index (χ0n) is 9.30. The van der Waals surface area contributed by atoms with E-state index in [2.05, 4.69) is 9.97 Å². The fourth-order valence-electron chi connectivity index (χ4n) is 1.56. The van der Waals surface area contributed by atoms with Crippen LogP contribution < -0.4 is 5.73 Å². The summed E-state index contributed by atoms with van der Waals surface area (Å²) < 4.78 is 0. The molecule has 0 saturated heterocycles. The lowest BCUT2D eigenvalue weighted by molar-refractivity contribution is 0.702. The van der Waals surface area contributed by atoms with Crippen molar-refractivity contribution in [2.45, 2.75) is 19.4 Å². The van der Waals surface area contributed by atoms with Gasteiger partial charge in [0, 0.05) is 24.2 Å². The fourth-order valence-corrected chi connectivity index (χ4v) is 1.56. The smallest absolute Gasteiger partial charge is 0.130 e. The van der Waals surface area contributed by atoms with E-state index in [-0.39, 0.29) is 6.04 Å². The summed E-state index contributed by atoms with van der Waals surface area (Å²) in [5.41, 5.74) is 7.79. The number of nitrogens with two attached hydrogens (primary N) is 1. The van der Waals surface area contributed by atoms with Gasteiger partial charge in [0.2, 0.25) is 0 Å². The number of hydrogen-bond donors (Lipinski definition) is 1. The van der Waals surface area contributed by atoms with Crippen molar-refractivity contribution in [3.05, 3.63) is 48.4 Å². The third kappa shape index (κ3) is 2.64. The number of aromatic nitrogens is 2. The third-order valence-electron chi connectivity index (χ3n) is 2.28. The van der Waals surface area contributed by atoms with Gasteiger partial charge in [-0.1, -0.05) is 30.3 Å². The Hall–Kier alpha value is -1.74. The first kappa shape index (κ1) is 10.8. The summed E-state index contributed by atoms with van der Waals surface area (Å²) in [5, 5.41) is 0. The lowest BCUT2D eigenvalue weighted by Crippen LogP contribution is -2.19. The maximum atomic E-state index is 5.73. The molecule has 1 aromatic carbocycles. The Labute approximate surface area is 95.4 Å². The second-order valence-electron chi connectivity index (χ2n) is 3.91. The SMILES string of the molecule is CC(N)Cc1nccc(-c2ccccc2)n1. The summed E-state index contributed by atoms with van der Waals surface area (Å²) in [6.07, 6.45) is 2.49. The van der Waals surface area contributed by atoms with Gasteiger partial charge in [-0.05, 0) is 13.0 Å². The largest absolute Gasteiger partial charge is 0.328 e. The quantitative estimate of drug-likeness (QED) is 0.848. The normalized spacial score (nSPS) is 12.4. The molecule has 0 aliphatic heterocycles. The summed E-state index contributed by atoms with van der Waals surface area (Å²) in [5.74, 6) is 0.802. The van der Waals surface area contributed by atoms with Crippen LogP contribution in [0.1, 0.15) is 12.7 Å². The predicted molar refractivity (Wildman–Crippen MR) is 64.8 cm³/mol. The monoisotopic (exact) mass is 213 g/mol. The van der Waals surface area contributed by atoms with E-state index in [1.807, 2.05) is 43.3 Å². The summed E-state index contributed by atoms with van der Waals surface area (Å²) in [7, 11) is 0. The van der Waals surface area contributed by atoms with Crippen molar-refractivity contribution in [1.29, 1.82) is 0 Å². The van der Waals surface area contributed by atoms with Gasteiger partial charge in [-0.15, -0.1) is 0 Å². The molecule has 0 aliphatic rings. The number of hydrogen-bond acceptors (Lipinski definition) is 3. The summed E-state index contributed by atoms with van der Waals surface area (Å²) >= 11 is 0. The topological polar surface area (TPSA) is 51.8 Å². The Morgan fingerprint density at radius 2 is 1.94 bits per heavy atom. The molecule has 0 saturated carbocycles. The maximum Gasteiger partial charge on any atom is 0.130 e. The zero-order chi connectivity index (χ0) is 11.4. The van der Waals surface area contributed by atoms with Gasteiger partial charge in [-0.3, -0.25) is 0 Å². The van der Waals surface area contributed by atoms with Crippen LogP contribution in [-0.4, -0.2) is 16.0 Å². The molecule has 1 aromatic heterocycles. The van der Waals surface area contributed by atoms with Gasteiger partial charge in [-0.2, -0.15) is 0 Å². The molecule has 2 aromatic rings. The lowest BCUT2D eigenvalue weighted by atomic mass is 10.1. The average molecular weight is 213 g/mol. The van der Waals surface area contributed by atoms with E-state index in [1.165, 1.54) is 0 Å². The van der Waals surface area contributed by atoms with Crippen molar-refractivity contribution >= 4 is 0 Å². The van der Waals surface area contributed by atoms with Gasteiger partial charge in [0.1, 0.15) is 5.82 Å². The molecule has 0 aliphatic carbocycles. The highest BCUT2D eigenvalue weighted by molar-refractivity contribution is 5.58. The molecular weight excluding hydrogens is 198 g/mol. The average Bonchev–Trinajstić information content (AvgIpc) is 2.30. The van der Waals surface area contributed by atoms with Gasteiger partial charge in [-0.25, -0.2) is 9.97 Å². The van der Waals surface area contributed by atoms with Crippen molar-refractivity contribution < 1.29 is 0 Å². The van der Waals surface area contributed by atoms with Gasteiger partial charge in [0.15, 0.2) is 0 Å². The minimum atomic E-state index is 0.0889. The van der Waals surface area contributed by atoms with Crippen LogP contribution >= 0.6 is 0 Å². The van der Waals surface area contributed by atoms with Gasteiger partial charge in [0.05, 0.1) is 5.69 Å². The Kier molecular flexibility index (Phi) is 3.27. The molecule has 1 atom stereocenters. The first-order valence-electron chi connectivity index (χ1n) is 5.38. The van der Waals surface area contributed by atoms with E-state index in [4.69, 9.17) is 5.73 Å². The number of nitrogens with zero attached hydrogens (tertiary/aromatic N) is 2. The van der Waals surface area contributed by atoms with Gasteiger partial charge >= 0.3 is 0 Å². The minimum absolute atomic E-state index is 0.0889. The lowest BCUT2D eigenvalue weighted by Gasteiger charge is -2.05. The van der Waals surface area contributed by atoms with Crippen LogP contribution in [0.2, 0.25) is 0 Å². The van der Waals surface area contributed by atoms with Crippen LogP contribution in [0.4, 0.5) is 0 Å². The summed E-state index contributed by atoms with van der Waals surface area (Å²) in [4.78, 5) is 8.71. The molecule has 3 nitrogen and oxygen atoms in total. The van der Waals surface area contributed by atoms with E-state index in [0.717, 1.165) is 17.1 Å². The second-order valence-corrected chi connectivity index (χ2v) is 3.91. The van der Waals surface area contributed by atoms with Crippen LogP contribution in [-0.2, 0) is 6.42 Å². The number of rotatable bonds is 3. The van der Waals surface area contributed by atoms with Crippen molar-refractivity contribution in [2.24, 2.45) is 5.73 Å². The maximum absolute atomic E-state index is 5.73. The van der Waals surface area contributed by atoms with Gasteiger partial charge in [0.25, 0.3) is 0 Å². The Bertz CT molecular complexity index is 452. The van der Waals surface area contributed by atoms with Crippen molar-refractivity contribution in [2.75, 3.05) is 0 Å². The Morgan fingerprint density at radius 1 is 1.19 bits per heavy atom. The highest BCUT2D eigenvalue weighted by atomic mass is 14.9. The van der Waals surface area contributed by atoms with Gasteiger partial charge < -0.3 is 5.73 Å². The molecule has 2 rings (SSSR count). The molecule has 0 fully saturated rings. The Morgan fingerprint density at radius 3 is 2.62 bits per heavy atom. The molecule has 2 N–H and O–H groups in total. The minimum Gasteiger partial charge on any atom is -0.328 e. The van der Waals surface area contributed by atoms with Crippen molar-refractivity contribution in [3.8, 4) is 11.3 Å². The molecular formula is C13H15N3. The Balaban J connectivity index is 2.29. The first-order valence-corrected chi connectivity index (χ1v) is 5.38. The number of benzene rings is 1. The predicted octanol–water partition coefficient (Wildman–Crippen LogP) is 2.03. The standard InChI is InChI=1S/C13H15N3/c1-10(14)9-13-15-8-7-12(16-13)11-5-3-2-4-6-11/h2-8,10H,9,14H2,1H3. The van der Waals surface area contributed by atoms with Crippen LogP contribution in [0.25, 0.3) is 11.3 Å². The van der Waals surface area contributed by atoms with Crippen LogP contribution in [0.5, 0.6) is 0 Å². The van der Waals surface area contributed by atoms with Crippen LogP contribution in [0.15, 0.2) is 42.6 Å². The molecule has 1 unspecified atom stereocenters. The van der Waals surface area contributed by atoms with E-state index >= 15 is 0 Å². The molecule has 0 spiro atoms. The van der Waals surface area contributed by atoms with Crippen LogP contribution in [0.3, 0.4) is 0 Å². The summed E-state index contributed by atoms with van der Waals surface area (Å²) in [6.45, 7) is 1.96. The fraction of sp³-hybridized carbons (Fsp3) is 0.231. The first-order chi connectivity index (χ1) is 7.75. The molecule has 16 heavy (non-hydrogen) atoms. The highest BCUT2D eigenvalue weighted by Gasteiger charge is 2.03. The molecule has 82 valence electrons. The van der Waals surface area contributed by atoms with E-state index in [9.17, 15) is 0 Å². The molecule has 0 bridgehead atoms. The third-order valence-corrected chi connectivity index (χ3v) is 2.28. The van der Waals surface area contributed by atoms with Crippen LogP contribution in [0, 0.1) is 0 Å². The van der Waals surface area contributed by atoms with E-state index in [1.54, 1.807) is 6.20 Å². The molecule has 3 heteroatoms. The molecule has 0 amide bonds. The second kappa shape index (κ2) is 4.86. The van der Waals surface area contributed by atoms with E-state index in [0.29, 0.717) is 6.42 Å². The van der Waals surface area contributed by atoms with Crippen molar-refractivity contribution in [1.82, 2.24) is 9.97 Å². The highest BCUT2D eigenvalue weighted by Crippen LogP contribution is 2.15.